The lowest BCUT2D eigenvalue weighted by molar-refractivity contribution is -0.139. The molecule has 0 aliphatic heterocycles. The minimum absolute atomic E-state index is 0.00401. The van der Waals surface area contributed by atoms with Gasteiger partial charge < -0.3 is 10.2 Å². The van der Waals surface area contributed by atoms with Gasteiger partial charge in [0, 0.05) is 12.6 Å². The lowest BCUT2D eigenvalue weighted by atomic mass is 10.1. The standard InChI is InChI=1S/C31H37Cl2N3O4S/c1-5-23(4)34-31(38)27(6-2)35(20-19-24-11-8-7-9-12-24)29(37)21-36(28-14-10-13-26(32)30(28)33)41(39,40)25-17-15-22(3)16-18-25/h7-18,23,27H,5-6,19-21H2,1-4H3,(H,34,38)/t23-,27-/m0/s1. The Bertz CT molecular complexity index is 1430. The van der Waals surface area contributed by atoms with Crippen molar-refractivity contribution in [3.05, 3.63) is 94.0 Å². The van der Waals surface area contributed by atoms with Crippen molar-refractivity contribution in [2.45, 2.75) is 63.9 Å². The monoisotopic (exact) mass is 617 g/mol. The lowest BCUT2D eigenvalue weighted by Gasteiger charge is -2.34. The molecule has 41 heavy (non-hydrogen) atoms. The molecule has 0 unspecified atom stereocenters. The van der Waals surface area contributed by atoms with Crippen LogP contribution in [-0.2, 0) is 26.0 Å². The second kappa shape index (κ2) is 14.7. The van der Waals surface area contributed by atoms with E-state index >= 15 is 0 Å². The summed E-state index contributed by atoms with van der Waals surface area (Å²) in [5.41, 5.74) is 1.95. The highest BCUT2D eigenvalue weighted by molar-refractivity contribution is 7.92. The third-order valence-electron chi connectivity index (χ3n) is 6.96. The molecule has 0 aliphatic rings. The van der Waals surface area contributed by atoms with Crippen molar-refractivity contribution in [3.8, 4) is 0 Å². The summed E-state index contributed by atoms with van der Waals surface area (Å²) in [6, 6.07) is 19.7. The van der Waals surface area contributed by atoms with E-state index in [2.05, 4.69) is 5.32 Å². The zero-order chi connectivity index (χ0) is 30.2. The minimum Gasteiger partial charge on any atom is -0.352 e. The molecule has 7 nitrogen and oxygen atoms in total. The first-order chi connectivity index (χ1) is 19.5. The Morgan fingerprint density at radius 1 is 0.902 bits per heavy atom. The van der Waals surface area contributed by atoms with Crippen LogP contribution in [0.25, 0.3) is 0 Å². The third kappa shape index (κ3) is 8.24. The highest BCUT2D eigenvalue weighted by atomic mass is 35.5. The molecule has 0 bridgehead atoms. The molecule has 0 spiro atoms. The van der Waals surface area contributed by atoms with Crippen molar-refractivity contribution in [1.82, 2.24) is 10.2 Å². The number of sulfonamides is 1. The van der Waals surface area contributed by atoms with Crippen LogP contribution in [0, 0.1) is 6.92 Å². The highest BCUT2D eigenvalue weighted by Gasteiger charge is 2.34. The van der Waals surface area contributed by atoms with E-state index in [0.717, 1.165) is 21.9 Å². The van der Waals surface area contributed by atoms with Crippen molar-refractivity contribution in [3.63, 3.8) is 0 Å². The molecule has 0 aliphatic carbocycles. The number of carbonyl (C=O) groups is 2. The number of carbonyl (C=O) groups excluding carboxylic acids is 2. The molecule has 1 N–H and O–H groups in total. The Morgan fingerprint density at radius 3 is 2.17 bits per heavy atom. The number of anilines is 1. The van der Waals surface area contributed by atoms with E-state index in [1.54, 1.807) is 24.3 Å². The van der Waals surface area contributed by atoms with Gasteiger partial charge in [0.15, 0.2) is 0 Å². The van der Waals surface area contributed by atoms with E-state index in [1.165, 1.54) is 23.1 Å². The molecule has 0 saturated carbocycles. The quantitative estimate of drug-likeness (QED) is 0.245. The fourth-order valence-corrected chi connectivity index (χ4v) is 6.25. The van der Waals surface area contributed by atoms with Crippen LogP contribution in [0.1, 0.15) is 44.7 Å². The zero-order valence-corrected chi connectivity index (χ0v) is 26.1. The summed E-state index contributed by atoms with van der Waals surface area (Å²) in [4.78, 5) is 28.9. The molecular formula is C31H37Cl2N3O4S. The summed E-state index contributed by atoms with van der Waals surface area (Å²) in [7, 11) is -4.24. The SMILES string of the molecule is CC[C@H](C)NC(=O)[C@H](CC)N(CCc1ccccc1)C(=O)CN(c1cccc(Cl)c1Cl)S(=O)(=O)c1ccc(C)cc1. The van der Waals surface area contributed by atoms with E-state index in [1.807, 2.05) is 58.0 Å². The molecule has 0 fully saturated rings. The van der Waals surface area contributed by atoms with Crippen LogP contribution in [0.2, 0.25) is 10.0 Å². The van der Waals surface area contributed by atoms with Crippen LogP contribution >= 0.6 is 23.2 Å². The molecule has 0 aromatic heterocycles. The average molecular weight is 619 g/mol. The maximum atomic E-state index is 14.1. The topological polar surface area (TPSA) is 86.8 Å². The molecule has 3 aromatic carbocycles. The number of halogens is 2. The fourth-order valence-electron chi connectivity index (χ4n) is 4.37. The number of benzene rings is 3. The Kier molecular flexibility index (Phi) is 11.6. The summed E-state index contributed by atoms with van der Waals surface area (Å²) in [6.07, 6.45) is 1.57. The highest BCUT2D eigenvalue weighted by Crippen LogP contribution is 2.35. The second-order valence-corrected chi connectivity index (χ2v) is 12.6. The summed E-state index contributed by atoms with van der Waals surface area (Å²) < 4.78 is 28.9. The van der Waals surface area contributed by atoms with Gasteiger partial charge >= 0.3 is 0 Å². The normalized spacial score (nSPS) is 12.8. The molecule has 2 atom stereocenters. The number of aryl methyl sites for hydroxylation is 1. The van der Waals surface area contributed by atoms with Gasteiger partial charge in [-0.25, -0.2) is 8.42 Å². The smallest absolute Gasteiger partial charge is 0.264 e. The van der Waals surface area contributed by atoms with Gasteiger partial charge in [-0.1, -0.05) is 91.1 Å². The van der Waals surface area contributed by atoms with Crippen LogP contribution in [0.4, 0.5) is 5.69 Å². The van der Waals surface area contributed by atoms with E-state index in [9.17, 15) is 18.0 Å². The van der Waals surface area contributed by atoms with Gasteiger partial charge in [-0.05, 0) is 62.9 Å². The number of rotatable bonds is 13. The molecule has 2 amide bonds. The van der Waals surface area contributed by atoms with Gasteiger partial charge in [0.1, 0.15) is 12.6 Å². The van der Waals surface area contributed by atoms with E-state index in [0.29, 0.717) is 12.8 Å². The van der Waals surface area contributed by atoms with Crippen molar-refractivity contribution in [1.29, 1.82) is 0 Å². The lowest BCUT2D eigenvalue weighted by Crippen LogP contribution is -2.54. The van der Waals surface area contributed by atoms with Crippen molar-refractivity contribution < 1.29 is 18.0 Å². The molecule has 220 valence electrons. The number of hydrogen-bond donors (Lipinski definition) is 1. The van der Waals surface area contributed by atoms with E-state index < -0.39 is 28.5 Å². The van der Waals surface area contributed by atoms with Gasteiger partial charge in [-0.15, -0.1) is 0 Å². The number of nitrogens with one attached hydrogen (secondary N) is 1. The Morgan fingerprint density at radius 2 is 1.56 bits per heavy atom. The van der Waals surface area contributed by atoms with E-state index in [-0.39, 0.29) is 39.1 Å². The second-order valence-electron chi connectivity index (χ2n) is 9.96. The summed E-state index contributed by atoms with van der Waals surface area (Å²) in [6.45, 7) is 7.20. The molecule has 0 saturated heterocycles. The Labute approximate surface area is 253 Å². The molecule has 0 heterocycles. The molecule has 10 heteroatoms. The summed E-state index contributed by atoms with van der Waals surface area (Å²) in [5.74, 6) is -0.809. The maximum absolute atomic E-state index is 14.1. The van der Waals surface area contributed by atoms with Gasteiger partial charge in [0.25, 0.3) is 10.0 Å². The molecule has 3 rings (SSSR count). The van der Waals surface area contributed by atoms with Crippen LogP contribution in [-0.4, -0.2) is 50.3 Å². The van der Waals surface area contributed by atoms with Crippen molar-refractivity contribution in [2.24, 2.45) is 0 Å². The maximum Gasteiger partial charge on any atom is 0.264 e. The zero-order valence-electron chi connectivity index (χ0n) is 23.8. The summed E-state index contributed by atoms with van der Waals surface area (Å²) in [5, 5.41) is 3.14. The van der Waals surface area contributed by atoms with Crippen LogP contribution in [0.15, 0.2) is 77.7 Å². The first kappa shape index (κ1) is 32.4. The Hall–Kier alpha value is -3.07. The van der Waals surface area contributed by atoms with Crippen molar-refractivity contribution in [2.75, 3.05) is 17.4 Å². The Balaban J connectivity index is 2.05. The molecule has 0 radical (unpaired) electrons. The summed E-state index contributed by atoms with van der Waals surface area (Å²) >= 11 is 12.8. The number of nitrogens with zero attached hydrogens (tertiary/aromatic N) is 2. The van der Waals surface area contributed by atoms with Gasteiger partial charge in [-0.3, -0.25) is 13.9 Å². The minimum atomic E-state index is -4.24. The van der Waals surface area contributed by atoms with Crippen LogP contribution in [0.3, 0.4) is 0 Å². The fraction of sp³-hybridized carbons (Fsp3) is 0.355. The van der Waals surface area contributed by atoms with Gasteiger partial charge in [0.05, 0.1) is 20.6 Å². The number of hydrogen-bond acceptors (Lipinski definition) is 4. The predicted molar refractivity (Wildman–Crippen MR) is 166 cm³/mol. The largest absolute Gasteiger partial charge is 0.352 e. The first-order valence-electron chi connectivity index (χ1n) is 13.7. The first-order valence-corrected chi connectivity index (χ1v) is 15.9. The van der Waals surface area contributed by atoms with Crippen LogP contribution < -0.4 is 9.62 Å². The molecule has 3 aromatic rings. The average Bonchev–Trinajstić information content (AvgIpc) is 2.96. The van der Waals surface area contributed by atoms with Crippen LogP contribution in [0.5, 0.6) is 0 Å². The van der Waals surface area contributed by atoms with E-state index in [4.69, 9.17) is 23.2 Å². The molecular weight excluding hydrogens is 581 g/mol. The van der Waals surface area contributed by atoms with Gasteiger partial charge in [-0.2, -0.15) is 0 Å². The predicted octanol–water partition coefficient (Wildman–Crippen LogP) is 6.26. The van der Waals surface area contributed by atoms with Crippen molar-refractivity contribution >= 4 is 50.7 Å². The van der Waals surface area contributed by atoms with Gasteiger partial charge in [0.2, 0.25) is 11.8 Å². The number of amides is 2. The third-order valence-corrected chi connectivity index (χ3v) is 9.54.